The summed E-state index contributed by atoms with van der Waals surface area (Å²) in [5.41, 5.74) is 5.07. The van der Waals surface area contributed by atoms with Crippen molar-refractivity contribution in [2.75, 3.05) is 19.7 Å². The number of nitrogens with one attached hydrogen (secondary N) is 1. The maximum absolute atomic E-state index is 11.9. The molecule has 0 radical (unpaired) electrons. The van der Waals surface area contributed by atoms with Crippen molar-refractivity contribution in [1.29, 1.82) is 0 Å². The Morgan fingerprint density at radius 1 is 1.38 bits per heavy atom. The zero-order valence-electron chi connectivity index (χ0n) is 12.2. The normalized spacial score (nSPS) is 17.3. The molecule has 1 saturated heterocycles. The average Bonchev–Trinajstić information content (AvgIpc) is 2.37. The lowest BCUT2D eigenvalue weighted by Crippen LogP contribution is -2.49. The highest BCUT2D eigenvalue weighted by molar-refractivity contribution is 5.77. The van der Waals surface area contributed by atoms with Crippen LogP contribution < -0.4 is 11.1 Å². The Hall–Kier alpha value is -1.83. The number of carboxylic acid groups (broad SMARTS) is 1. The van der Waals surface area contributed by atoms with E-state index in [-0.39, 0.29) is 37.6 Å². The first-order chi connectivity index (χ1) is 9.88. The second-order valence-electron chi connectivity index (χ2n) is 5.22. The van der Waals surface area contributed by atoms with Crippen molar-refractivity contribution in [3.05, 3.63) is 0 Å². The van der Waals surface area contributed by atoms with Crippen LogP contribution in [0.1, 0.15) is 32.6 Å². The average molecular weight is 301 g/mol. The van der Waals surface area contributed by atoms with Crippen LogP contribution in [0.15, 0.2) is 0 Å². The van der Waals surface area contributed by atoms with Gasteiger partial charge in [0.2, 0.25) is 5.91 Å². The summed E-state index contributed by atoms with van der Waals surface area (Å²) in [5.74, 6) is -1.33. The van der Waals surface area contributed by atoms with E-state index >= 15 is 0 Å². The number of carbonyl (C=O) groups is 3. The van der Waals surface area contributed by atoms with Crippen LogP contribution in [-0.4, -0.2) is 59.8 Å². The van der Waals surface area contributed by atoms with Crippen molar-refractivity contribution >= 4 is 17.9 Å². The van der Waals surface area contributed by atoms with Crippen LogP contribution >= 0.6 is 0 Å². The highest BCUT2D eigenvalue weighted by Gasteiger charge is 2.24. The molecule has 1 heterocycles. The number of hydrogen-bond donors (Lipinski definition) is 3. The maximum atomic E-state index is 11.9. The van der Waals surface area contributed by atoms with Gasteiger partial charge in [-0.2, -0.15) is 0 Å². The molecule has 1 fully saturated rings. The molecule has 21 heavy (non-hydrogen) atoms. The first-order valence-corrected chi connectivity index (χ1v) is 7.05. The summed E-state index contributed by atoms with van der Waals surface area (Å²) >= 11 is 0. The lowest BCUT2D eigenvalue weighted by Gasteiger charge is -2.32. The van der Waals surface area contributed by atoms with Gasteiger partial charge in [-0.25, -0.2) is 4.79 Å². The molecule has 0 aliphatic carbocycles. The molecule has 1 atom stereocenters. The van der Waals surface area contributed by atoms with Gasteiger partial charge in [0.25, 0.3) is 0 Å². The summed E-state index contributed by atoms with van der Waals surface area (Å²) in [7, 11) is 0. The highest BCUT2D eigenvalue weighted by atomic mass is 16.5. The topological polar surface area (TPSA) is 122 Å². The number of nitrogens with zero attached hydrogens (tertiary/aromatic N) is 1. The van der Waals surface area contributed by atoms with Crippen LogP contribution in [0.4, 0.5) is 4.79 Å². The van der Waals surface area contributed by atoms with E-state index in [1.54, 1.807) is 11.8 Å². The molecule has 4 N–H and O–H groups in total. The van der Waals surface area contributed by atoms with E-state index in [2.05, 4.69) is 5.32 Å². The number of carbonyl (C=O) groups excluding carboxylic acids is 2. The Morgan fingerprint density at radius 2 is 2.00 bits per heavy atom. The van der Waals surface area contributed by atoms with Crippen molar-refractivity contribution < 1.29 is 24.2 Å². The molecule has 8 nitrogen and oxygen atoms in total. The minimum absolute atomic E-state index is 0.00329. The van der Waals surface area contributed by atoms with Gasteiger partial charge in [-0.15, -0.1) is 0 Å². The fourth-order valence-electron chi connectivity index (χ4n) is 2.19. The molecule has 0 saturated carbocycles. The molecular formula is C13H23N3O5. The molecule has 8 heteroatoms. The number of ether oxygens (including phenoxy) is 1. The van der Waals surface area contributed by atoms with Gasteiger partial charge in [-0.3, -0.25) is 9.59 Å². The van der Waals surface area contributed by atoms with Crippen LogP contribution in [0.25, 0.3) is 0 Å². The number of nitrogens with two attached hydrogens (primary N) is 1. The van der Waals surface area contributed by atoms with Crippen LogP contribution in [0.3, 0.4) is 0 Å². The largest absolute Gasteiger partial charge is 0.481 e. The Labute approximate surface area is 123 Å². The summed E-state index contributed by atoms with van der Waals surface area (Å²) in [6.45, 7) is 3.02. The number of rotatable bonds is 7. The standard InChI is InChI=1S/C13H23N3O5/c1-9(8-11(14)17)15-13(20)16-5-2-10(3-6-16)21-7-4-12(18)19/h9-10H,2-8H2,1H3,(H2,14,17)(H,15,20)(H,18,19). The maximum Gasteiger partial charge on any atom is 0.317 e. The van der Waals surface area contributed by atoms with E-state index in [1.807, 2.05) is 0 Å². The Bertz CT molecular complexity index is 380. The lowest BCUT2D eigenvalue weighted by atomic mass is 10.1. The number of piperidine rings is 1. The smallest absolute Gasteiger partial charge is 0.317 e. The van der Waals surface area contributed by atoms with E-state index in [4.69, 9.17) is 15.6 Å². The quantitative estimate of drug-likeness (QED) is 0.607. The molecular weight excluding hydrogens is 278 g/mol. The van der Waals surface area contributed by atoms with Gasteiger partial charge >= 0.3 is 12.0 Å². The van der Waals surface area contributed by atoms with Crippen molar-refractivity contribution in [3.8, 4) is 0 Å². The molecule has 0 aromatic carbocycles. The summed E-state index contributed by atoms with van der Waals surface area (Å²) in [6.07, 6.45) is 1.46. The van der Waals surface area contributed by atoms with Crippen LogP contribution in [0, 0.1) is 0 Å². The van der Waals surface area contributed by atoms with E-state index < -0.39 is 11.9 Å². The molecule has 120 valence electrons. The molecule has 0 aromatic heterocycles. The van der Waals surface area contributed by atoms with Crippen LogP contribution in [0.5, 0.6) is 0 Å². The zero-order chi connectivity index (χ0) is 15.8. The van der Waals surface area contributed by atoms with E-state index in [1.165, 1.54) is 0 Å². The zero-order valence-corrected chi connectivity index (χ0v) is 12.2. The second kappa shape index (κ2) is 8.46. The van der Waals surface area contributed by atoms with E-state index in [0.29, 0.717) is 25.9 Å². The number of hydrogen-bond acceptors (Lipinski definition) is 4. The molecule has 1 aliphatic rings. The Balaban J connectivity index is 2.24. The Kier molecular flexibility index (Phi) is 6.93. The van der Waals surface area contributed by atoms with Crippen LogP contribution in [0.2, 0.25) is 0 Å². The van der Waals surface area contributed by atoms with Gasteiger partial charge in [-0.05, 0) is 19.8 Å². The molecule has 0 bridgehead atoms. The highest BCUT2D eigenvalue weighted by Crippen LogP contribution is 2.14. The fourth-order valence-corrected chi connectivity index (χ4v) is 2.19. The van der Waals surface area contributed by atoms with Gasteiger partial charge < -0.3 is 25.8 Å². The fraction of sp³-hybridized carbons (Fsp3) is 0.769. The number of urea groups is 1. The lowest BCUT2D eigenvalue weighted by molar-refractivity contribution is -0.138. The molecule has 1 rings (SSSR count). The SMILES string of the molecule is CC(CC(N)=O)NC(=O)N1CCC(OCCC(=O)O)CC1. The molecule has 3 amide bonds. The van der Waals surface area contributed by atoms with Crippen molar-refractivity contribution in [1.82, 2.24) is 10.2 Å². The van der Waals surface area contributed by atoms with Gasteiger partial charge in [-0.1, -0.05) is 0 Å². The van der Waals surface area contributed by atoms with Crippen molar-refractivity contribution in [3.63, 3.8) is 0 Å². The molecule has 0 spiro atoms. The van der Waals surface area contributed by atoms with Gasteiger partial charge in [0.15, 0.2) is 0 Å². The number of primary amides is 1. The third-order valence-corrected chi connectivity index (χ3v) is 3.28. The monoisotopic (exact) mass is 301 g/mol. The van der Waals surface area contributed by atoms with Crippen molar-refractivity contribution in [2.24, 2.45) is 5.73 Å². The van der Waals surface area contributed by atoms with Gasteiger partial charge in [0.05, 0.1) is 19.1 Å². The first kappa shape index (κ1) is 17.2. The predicted octanol–water partition coefficient (Wildman–Crippen LogP) is -0.0844. The van der Waals surface area contributed by atoms with Gasteiger partial charge in [0.1, 0.15) is 0 Å². The number of aliphatic carboxylic acids is 1. The van der Waals surface area contributed by atoms with E-state index in [9.17, 15) is 14.4 Å². The minimum atomic E-state index is -0.879. The second-order valence-corrected chi connectivity index (χ2v) is 5.22. The molecule has 1 aliphatic heterocycles. The first-order valence-electron chi connectivity index (χ1n) is 7.05. The number of amides is 3. The molecule has 0 aromatic rings. The number of likely N-dealkylation sites (tertiary alicyclic amines) is 1. The predicted molar refractivity (Wildman–Crippen MR) is 74.6 cm³/mol. The summed E-state index contributed by atoms with van der Waals surface area (Å²) < 4.78 is 5.46. The summed E-state index contributed by atoms with van der Waals surface area (Å²) in [6, 6.07) is -0.507. The van der Waals surface area contributed by atoms with Gasteiger partial charge in [0, 0.05) is 25.6 Å². The van der Waals surface area contributed by atoms with E-state index in [0.717, 1.165) is 0 Å². The summed E-state index contributed by atoms with van der Waals surface area (Å²) in [4.78, 5) is 34.8. The van der Waals surface area contributed by atoms with Crippen LogP contribution in [-0.2, 0) is 14.3 Å². The van der Waals surface area contributed by atoms with Crippen molar-refractivity contribution in [2.45, 2.75) is 44.8 Å². The third kappa shape index (κ3) is 6.94. The third-order valence-electron chi connectivity index (χ3n) is 3.28. The Morgan fingerprint density at radius 3 is 2.52 bits per heavy atom. The summed E-state index contributed by atoms with van der Waals surface area (Å²) in [5, 5.41) is 11.3. The minimum Gasteiger partial charge on any atom is -0.481 e. The molecule has 1 unspecified atom stereocenters. The number of carboxylic acids is 1.